The molecular formula is C26H30N6O5. The summed E-state index contributed by atoms with van der Waals surface area (Å²) in [5.41, 5.74) is 8.42. The maximum absolute atomic E-state index is 13.4. The predicted octanol–water partition coefficient (Wildman–Crippen LogP) is 0.714. The molecular weight excluding hydrogens is 476 g/mol. The number of hydrogen-bond donors (Lipinski definition) is 2. The van der Waals surface area contributed by atoms with E-state index in [1.165, 1.54) is 18.3 Å². The van der Waals surface area contributed by atoms with Crippen LogP contribution < -0.4 is 22.7 Å². The van der Waals surface area contributed by atoms with Gasteiger partial charge in [-0.2, -0.15) is 0 Å². The van der Waals surface area contributed by atoms with E-state index in [0.29, 0.717) is 47.9 Å². The fourth-order valence-electron chi connectivity index (χ4n) is 5.38. The van der Waals surface area contributed by atoms with Crippen molar-refractivity contribution in [3.63, 3.8) is 0 Å². The highest BCUT2D eigenvalue weighted by Crippen LogP contribution is 2.26. The van der Waals surface area contributed by atoms with Crippen LogP contribution in [-0.2, 0) is 20.6 Å². The lowest BCUT2D eigenvalue weighted by Gasteiger charge is -2.33. The van der Waals surface area contributed by atoms with E-state index in [-0.39, 0.29) is 53.3 Å². The summed E-state index contributed by atoms with van der Waals surface area (Å²) in [6.45, 7) is 2.54. The molecule has 5 rings (SSSR count). The molecule has 0 bridgehead atoms. The summed E-state index contributed by atoms with van der Waals surface area (Å²) in [6.07, 6.45) is 0.900. The molecule has 11 nitrogen and oxygen atoms in total. The highest BCUT2D eigenvalue weighted by Gasteiger charge is 2.29. The van der Waals surface area contributed by atoms with Crippen LogP contribution in [0.25, 0.3) is 21.9 Å². The number of anilines is 1. The second kappa shape index (κ2) is 9.07. The minimum absolute atomic E-state index is 0.129. The van der Waals surface area contributed by atoms with E-state index in [4.69, 9.17) is 5.73 Å². The molecule has 0 spiro atoms. The largest absolute Gasteiger partial charge is 0.398 e. The number of rotatable bonds is 4. The highest BCUT2D eigenvalue weighted by atomic mass is 16.3. The van der Waals surface area contributed by atoms with Gasteiger partial charge in [0.05, 0.1) is 40.7 Å². The summed E-state index contributed by atoms with van der Waals surface area (Å²) in [5.74, 6) is -0.269. The van der Waals surface area contributed by atoms with Crippen molar-refractivity contribution >= 4 is 33.5 Å². The molecule has 194 valence electrons. The Bertz CT molecular complexity index is 1730. The second-order valence-electron chi connectivity index (χ2n) is 9.71. The van der Waals surface area contributed by atoms with Gasteiger partial charge in [-0.1, -0.05) is 11.6 Å². The maximum Gasteiger partial charge on any atom is 0.331 e. The summed E-state index contributed by atoms with van der Waals surface area (Å²) in [7, 11) is 3.27. The first-order chi connectivity index (χ1) is 17.6. The van der Waals surface area contributed by atoms with Gasteiger partial charge in [-0.05, 0) is 44.0 Å². The third kappa shape index (κ3) is 3.86. The topological polar surface area (TPSA) is 137 Å². The van der Waals surface area contributed by atoms with Crippen molar-refractivity contribution in [3.8, 4) is 0 Å². The molecule has 0 unspecified atom stereocenters. The molecule has 2 aromatic carbocycles. The molecule has 4 aromatic rings. The first-order valence-corrected chi connectivity index (χ1v) is 12.2. The zero-order valence-electron chi connectivity index (χ0n) is 21.1. The third-order valence-electron chi connectivity index (χ3n) is 7.44. The normalized spacial score (nSPS) is 14.6. The van der Waals surface area contributed by atoms with E-state index in [9.17, 15) is 24.3 Å². The predicted molar refractivity (Wildman–Crippen MR) is 141 cm³/mol. The molecule has 0 aliphatic carbocycles. The van der Waals surface area contributed by atoms with Crippen LogP contribution in [0.4, 0.5) is 5.69 Å². The van der Waals surface area contributed by atoms with Gasteiger partial charge in [-0.25, -0.2) is 9.59 Å². The molecule has 1 aliphatic heterocycles. The van der Waals surface area contributed by atoms with Gasteiger partial charge in [-0.3, -0.25) is 27.9 Å². The summed E-state index contributed by atoms with van der Waals surface area (Å²) in [6, 6.07) is 8.33. The number of likely N-dealkylation sites (tertiary alicyclic amines) is 1. The van der Waals surface area contributed by atoms with Crippen LogP contribution in [0.2, 0.25) is 0 Å². The minimum Gasteiger partial charge on any atom is -0.398 e. The number of nitrogens with zero attached hydrogens (tertiary/aromatic N) is 5. The van der Waals surface area contributed by atoms with Crippen molar-refractivity contribution in [2.45, 2.75) is 32.4 Å². The number of carbonyl (C=O) groups is 1. The molecule has 1 amide bonds. The number of nitrogens with two attached hydrogens (primary N) is 1. The highest BCUT2D eigenvalue weighted by molar-refractivity contribution is 6.03. The molecule has 1 aliphatic rings. The van der Waals surface area contributed by atoms with Gasteiger partial charge in [0, 0.05) is 38.9 Å². The van der Waals surface area contributed by atoms with Crippen molar-refractivity contribution in [1.29, 1.82) is 0 Å². The van der Waals surface area contributed by atoms with E-state index in [0.717, 1.165) is 5.56 Å². The van der Waals surface area contributed by atoms with Crippen LogP contribution in [0.15, 0.2) is 44.7 Å². The zero-order chi connectivity index (χ0) is 26.6. The van der Waals surface area contributed by atoms with Crippen LogP contribution in [0.1, 0.15) is 34.8 Å². The summed E-state index contributed by atoms with van der Waals surface area (Å²) in [5, 5.41) is 9.81. The summed E-state index contributed by atoms with van der Waals surface area (Å²) >= 11 is 0. The Balaban J connectivity index is 1.43. The summed E-state index contributed by atoms with van der Waals surface area (Å²) in [4.78, 5) is 54.0. The molecule has 0 saturated carbocycles. The number of aryl methyl sites for hydroxylation is 3. The Kier molecular flexibility index (Phi) is 6.03. The van der Waals surface area contributed by atoms with Gasteiger partial charge in [0.25, 0.3) is 11.5 Å². The van der Waals surface area contributed by atoms with Gasteiger partial charge < -0.3 is 15.7 Å². The monoisotopic (exact) mass is 506 g/mol. The quantitative estimate of drug-likeness (QED) is 0.391. The van der Waals surface area contributed by atoms with Crippen LogP contribution in [0.5, 0.6) is 0 Å². The van der Waals surface area contributed by atoms with Gasteiger partial charge in [-0.15, -0.1) is 0 Å². The number of aliphatic hydroxyl groups is 1. The van der Waals surface area contributed by atoms with Crippen LogP contribution in [0.3, 0.4) is 0 Å². The molecule has 3 N–H and O–H groups in total. The fourth-order valence-corrected chi connectivity index (χ4v) is 5.38. The number of aliphatic hydroxyl groups excluding tert-OH is 1. The third-order valence-corrected chi connectivity index (χ3v) is 7.44. The first-order valence-electron chi connectivity index (χ1n) is 12.2. The minimum atomic E-state index is -0.367. The Morgan fingerprint density at radius 3 is 2.32 bits per heavy atom. The fraction of sp³-hybridized carbons (Fsp3) is 0.385. The van der Waals surface area contributed by atoms with Crippen molar-refractivity contribution in [1.82, 2.24) is 23.2 Å². The summed E-state index contributed by atoms with van der Waals surface area (Å²) < 4.78 is 5.67. The molecule has 1 saturated heterocycles. The molecule has 37 heavy (non-hydrogen) atoms. The number of benzene rings is 2. The number of imidazole rings is 1. The molecule has 0 radical (unpaired) electrons. The molecule has 2 aromatic heterocycles. The van der Waals surface area contributed by atoms with E-state index in [1.807, 2.05) is 13.0 Å². The van der Waals surface area contributed by atoms with Crippen LogP contribution in [-0.4, -0.2) is 53.9 Å². The number of carbonyl (C=O) groups excluding carboxylic acids is 1. The second-order valence-corrected chi connectivity index (χ2v) is 9.71. The van der Waals surface area contributed by atoms with Crippen molar-refractivity contribution in [2.75, 3.05) is 25.4 Å². The van der Waals surface area contributed by atoms with Crippen molar-refractivity contribution < 1.29 is 9.90 Å². The van der Waals surface area contributed by atoms with Gasteiger partial charge in [0.1, 0.15) is 0 Å². The lowest BCUT2D eigenvalue weighted by Crippen LogP contribution is -2.46. The lowest BCUT2D eigenvalue weighted by molar-refractivity contribution is 0.0693. The van der Waals surface area contributed by atoms with E-state index in [1.54, 1.807) is 43.3 Å². The number of amides is 1. The number of fused-ring (bicyclic) bond motifs is 2. The van der Waals surface area contributed by atoms with E-state index in [2.05, 4.69) is 0 Å². The van der Waals surface area contributed by atoms with Gasteiger partial charge >= 0.3 is 11.4 Å². The van der Waals surface area contributed by atoms with Crippen molar-refractivity contribution in [3.05, 3.63) is 72.8 Å². The Morgan fingerprint density at radius 1 is 0.973 bits per heavy atom. The van der Waals surface area contributed by atoms with Gasteiger partial charge in [0.15, 0.2) is 0 Å². The van der Waals surface area contributed by atoms with E-state index >= 15 is 0 Å². The number of nitrogen functional groups attached to an aromatic ring is 1. The first kappa shape index (κ1) is 24.6. The Morgan fingerprint density at radius 2 is 1.65 bits per heavy atom. The zero-order valence-corrected chi connectivity index (χ0v) is 21.1. The van der Waals surface area contributed by atoms with Gasteiger partial charge in [0.2, 0.25) is 0 Å². The van der Waals surface area contributed by atoms with Crippen LogP contribution >= 0.6 is 0 Å². The number of piperidine rings is 1. The molecule has 0 atom stereocenters. The SMILES string of the molecule is Cc1ccc2c(c1)c(=O)n(C1CCN(C(=O)c3cc4c(cc3N)n(CCO)c(=O)n4C)CC1)c(=O)n2C. The molecule has 1 fully saturated rings. The lowest BCUT2D eigenvalue weighted by atomic mass is 10.0. The smallest absolute Gasteiger partial charge is 0.331 e. The average Bonchev–Trinajstić information content (AvgIpc) is 3.11. The van der Waals surface area contributed by atoms with E-state index < -0.39 is 0 Å². The number of hydrogen-bond acceptors (Lipinski definition) is 6. The Hall–Kier alpha value is -4.12. The van der Waals surface area contributed by atoms with Crippen molar-refractivity contribution in [2.24, 2.45) is 14.1 Å². The average molecular weight is 507 g/mol. The van der Waals surface area contributed by atoms with Crippen LogP contribution in [0, 0.1) is 6.92 Å². The maximum atomic E-state index is 13.4. The molecule has 11 heteroatoms. The Labute approximate surface area is 211 Å². The number of aromatic nitrogens is 4. The standard InChI is InChI=1S/C26H30N6O5/c1-15-4-5-20-18(12-15)24(35)32(26(37)28(20)2)16-6-8-30(9-7-16)23(34)17-13-21-22(14-19(17)27)31(10-11-33)25(36)29(21)3/h4-5,12-14,16,33H,6-11,27H2,1-3H3. The molecule has 3 heterocycles.